The Morgan fingerprint density at radius 1 is 1.19 bits per heavy atom. The molecular weight excluding hydrogens is 268 g/mol. The van der Waals surface area contributed by atoms with Crippen LogP contribution >= 0.6 is 0 Å². The van der Waals surface area contributed by atoms with Gasteiger partial charge in [-0.3, -0.25) is 0 Å². The summed E-state index contributed by atoms with van der Waals surface area (Å²) in [6.07, 6.45) is 0. The van der Waals surface area contributed by atoms with Crippen LogP contribution in [0.25, 0.3) is 0 Å². The number of nitrogens with two attached hydrogens (primary N) is 1. The molecule has 0 amide bonds. The normalized spacial score (nSPS) is 13.5. The Balaban J connectivity index is 2.35. The second kappa shape index (κ2) is 5.92. The van der Waals surface area contributed by atoms with E-state index in [0.29, 0.717) is 11.9 Å². The first-order valence-corrected chi connectivity index (χ1v) is 6.58. The quantitative estimate of drug-likeness (QED) is 0.749. The zero-order chi connectivity index (χ0) is 15.5. The fraction of sp³-hybridized carbons (Fsp3) is 0.357. The van der Waals surface area contributed by atoms with Crippen LogP contribution in [0.4, 0.5) is 17.8 Å². The summed E-state index contributed by atoms with van der Waals surface area (Å²) in [6, 6.07) is 9.61. The molecular formula is C14H20N6O. The summed E-state index contributed by atoms with van der Waals surface area (Å²) in [5.41, 5.74) is 5.92. The van der Waals surface area contributed by atoms with Crippen molar-refractivity contribution in [2.24, 2.45) is 0 Å². The van der Waals surface area contributed by atoms with Gasteiger partial charge in [-0.1, -0.05) is 30.3 Å². The number of rotatable bonds is 5. The lowest BCUT2D eigenvalue weighted by Crippen LogP contribution is -2.36. The predicted molar refractivity (Wildman–Crippen MR) is 83.1 cm³/mol. The molecule has 112 valence electrons. The molecule has 0 spiro atoms. The molecule has 1 aromatic heterocycles. The van der Waals surface area contributed by atoms with Crippen molar-refractivity contribution in [1.82, 2.24) is 15.0 Å². The second-order valence-corrected chi connectivity index (χ2v) is 5.19. The van der Waals surface area contributed by atoms with Gasteiger partial charge in [0, 0.05) is 14.1 Å². The molecule has 0 aliphatic rings. The number of benzene rings is 1. The van der Waals surface area contributed by atoms with Crippen LogP contribution in [0.1, 0.15) is 12.5 Å². The molecule has 4 N–H and O–H groups in total. The molecule has 2 aromatic rings. The van der Waals surface area contributed by atoms with E-state index < -0.39 is 5.54 Å². The topological polar surface area (TPSA) is 100 Å². The Kier molecular flexibility index (Phi) is 4.23. The van der Waals surface area contributed by atoms with Gasteiger partial charge in [0.15, 0.2) is 0 Å². The number of aromatic nitrogens is 3. The molecule has 0 aliphatic carbocycles. The van der Waals surface area contributed by atoms with Crippen LogP contribution in [0.2, 0.25) is 0 Å². The van der Waals surface area contributed by atoms with Gasteiger partial charge in [0.25, 0.3) is 0 Å². The highest BCUT2D eigenvalue weighted by Gasteiger charge is 2.27. The smallest absolute Gasteiger partial charge is 0.231 e. The third kappa shape index (κ3) is 3.38. The molecule has 1 unspecified atom stereocenters. The molecule has 1 aromatic carbocycles. The summed E-state index contributed by atoms with van der Waals surface area (Å²) in [6.45, 7) is 1.76. The van der Waals surface area contributed by atoms with Gasteiger partial charge in [0.05, 0.1) is 12.1 Å². The number of hydrogen-bond acceptors (Lipinski definition) is 7. The van der Waals surface area contributed by atoms with Crippen LogP contribution < -0.4 is 16.0 Å². The van der Waals surface area contributed by atoms with Crippen molar-refractivity contribution in [2.45, 2.75) is 12.5 Å². The van der Waals surface area contributed by atoms with E-state index in [1.54, 1.807) is 4.90 Å². The first-order chi connectivity index (χ1) is 9.94. The molecule has 0 bridgehead atoms. The zero-order valence-electron chi connectivity index (χ0n) is 12.4. The van der Waals surface area contributed by atoms with E-state index in [1.807, 2.05) is 51.4 Å². The molecule has 0 saturated carbocycles. The van der Waals surface area contributed by atoms with Crippen molar-refractivity contribution in [3.05, 3.63) is 35.9 Å². The van der Waals surface area contributed by atoms with Gasteiger partial charge in [-0.15, -0.1) is 0 Å². The second-order valence-electron chi connectivity index (χ2n) is 5.19. The summed E-state index contributed by atoms with van der Waals surface area (Å²) in [7, 11) is 3.64. The molecule has 7 heteroatoms. The van der Waals surface area contributed by atoms with E-state index >= 15 is 0 Å². The lowest BCUT2D eigenvalue weighted by Gasteiger charge is -2.29. The van der Waals surface area contributed by atoms with Crippen molar-refractivity contribution in [3.8, 4) is 0 Å². The van der Waals surface area contributed by atoms with Gasteiger partial charge in [-0.05, 0) is 12.5 Å². The van der Waals surface area contributed by atoms with Crippen LogP contribution in [-0.2, 0) is 5.54 Å². The minimum Gasteiger partial charge on any atom is -0.394 e. The van der Waals surface area contributed by atoms with Gasteiger partial charge < -0.3 is 21.1 Å². The van der Waals surface area contributed by atoms with Crippen LogP contribution in [0.3, 0.4) is 0 Å². The molecule has 2 rings (SSSR count). The van der Waals surface area contributed by atoms with Crippen molar-refractivity contribution < 1.29 is 5.11 Å². The van der Waals surface area contributed by atoms with E-state index in [9.17, 15) is 5.11 Å². The number of nitrogen functional groups attached to an aromatic ring is 1. The van der Waals surface area contributed by atoms with E-state index in [1.165, 1.54) is 0 Å². The Morgan fingerprint density at radius 3 is 2.43 bits per heavy atom. The van der Waals surface area contributed by atoms with Crippen LogP contribution in [0, 0.1) is 0 Å². The van der Waals surface area contributed by atoms with Crippen molar-refractivity contribution in [3.63, 3.8) is 0 Å². The van der Waals surface area contributed by atoms with E-state index in [2.05, 4.69) is 20.3 Å². The summed E-state index contributed by atoms with van der Waals surface area (Å²) in [4.78, 5) is 14.2. The van der Waals surface area contributed by atoms with E-state index in [-0.39, 0.29) is 12.6 Å². The standard InChI is InChI=1S/C14H20N6O/c1-14(9-21,10-7-5-4-6-8-10)19-12-16-11(15)17-13(18-12)20(2)3/h4-8,21H,9H2,1-3H3,(H3,15,16,17,18,19). The maximum absolute atomic E-state index is 9.77. The highest BCUT2D eigenvalue weighted by Crippen LogP contribution is 2.24. The molecule has 0 saturated heterocycles. The first-order valence-electron chi connectivity index (χ1n) is 6.58. The van der Waals surface area contributed by atoms with Crippen LogP contribution in [-0.4, -0.2) is 40.8 Å². The Bertz CT molecular complexity index is 604. The highest BCUT2D eigenvalue weighted by atomic mass is 16.3. The third-order valence-corrected chi connectivity index (χ3v) is 3.16. The molecule has 7 nitrogen and oxygen atoms in total. The van der Waals surface area contributed by atoms with Crippen molar-refractivity contribution >= 4 is 17.8 Å². The number of nitrogens with one attached hydrogen (secondary N) is 1. The van der Waals surface area contributed by atoms with Gasteiger partial charge >= 0.3 is 0 Å². The van der Waals surface area contributed by atoms with Gasteiger partial charge in [0.2, 0.25) is 17.8 Å². The zero-order valence-corrected chi connectivity index (χ0v) is 12.4. The maximum atomic E-state index is 9.77. The summed E-state index contributed by atoms with van der Waals surface area (Å²) in [5.74, 6) is 0.912. The monoisotopic (exact) mass is 288 g/mol. The molecule has 1 atom stereocenters. The van der Waals surface area contributed by atoms with Gasteiger partial charge in [0.1, 0.15) is 0 Å². The summed E-state index contributed by atoms with van der Waals surface area (Å²) in [5, 5.41) is 12.9. The van der Waals surface area contributed by atoms with Crippen LogP contribution in [0.15, 0.2) is 30.3 Å². The minimum absolute atomic E-state index is 0.111. The van der Waals surface area contributed by atoms with E-state index in [4.69, 9.17) is 5.73 Å². The molecule has 1 heterocycles. The summed E-state index contributed by atoms with van der Waals surface area (Å²) >= 11 is 0. The Labute approximate surface area is 123 Å². The van der Waals surface area contributed by atoms with Crippen LogP contribution in [0.5, 0.6) is 0 Å². The van der Waals surface area contributed by atoms with Crippen molar-refractivity contribution in [1.29, 1.82) is 0 Å². The Hall–Kier alpha value is -2.41. The van der Waals surface area contributed by atoms with Gasteiger partial charge in [-0.25, -0.2) is 0 Å². The van der Waals surface area contributed by atoms with E-state index in [0.717, 1.165) is 5.56 Å². The maximum Gasteiger partial charge on any atom is 0.231 e. The molecule has 21 heavy (non-hydrogen) atoms. The largest absolute Gasteiger partial charge is 0.394 e. The Morgan fingerprint density at radius 2 is 1.86 bits per heavy atom. The average Bonchev–Trinajstić information content (AvgIpc) is 2.47. The lowest BCUT2D eigenvalue weighted by atomic mass is 9.93. The first kappa shape index (κ1) is 15.0. The molecule has 0 fully saturated rings. The fourth-order valence-corrected chi connectivity index (χ4v) is 1.89. The minimum atomic E-state index is -0.710. The lowest BCUT2D eigenvalue weighted by molar-refractivity contribution is 0.223. The van der Waals surface area contributed by atoms with Gasteiger partial charge in [-0.2, -0.15) is 15.0 Å². The number of aliphatic hydroxyl groups excluding tert-OH is 1. The molecule has 0 aliphatic heterocycles. The average molecular weight is 288 g/mol. The van der Waals surface area contributed by atoms with Crippen molar-refractivity contribution in [2.75, 3.05) is 36.7 Å². The predicted octanol–water partition coefficient (Wildman–Crippen LogP) is 0.839. The fourth-order valence-electron chi connectivity index (χ4n) is 1.89. The third-order valence-electron chi connectivity index (χ3n) is 3.16. The summed E-state index contributed by atoms with van der Waals surface area (Å²) < 4.78 is 0. The highest BCUT2D eigenvalue weighted by molar-refractivity contribution is 5.44. The number of nitrogens with zero attached hydrogens (tertiary/aromatic N) is 4. The SMILES string of the molecule is CN(C)c1nc(N)nc(NC(C)(CO)c2ccccc2)n1. The number of hydrogen-bond donors (Lipinski definition) is 3. The number of anilines is 3. The number of aliphatic hydroxyl groups is 1. The molecule has 0 radical (unpaired) electrons.